The number of hydrogen-bond donors (Lipinski definition) is 0. The van der Waals surface area contributed by atoms with Gasteiger partial charge >= 0.3 is 0 Å². The molecule has 0 spiro atoms. The molecule has 1 aromatic rings. The summed E-state index contributed by atoms with van der Waals surface area (Å²) in [5.74, 6) is 1.13. The minimum Gasteiger partial charge on any atom is -0.371 e. The van der Waals surface area contributed by atoms with Crippen molar-refractivity contribution in [2.24, 2.45) is 11.8 Å². The highest BCUT2D eigenvalue weighted by Gasteiger charge is 2.28. The Kier molecular flexibility index (Phi) is 5.51. The van der Waals surface area contributed by atoms with Crippen molar-refractivity contribution in [1.82, 2.24) is 9.80 Å². The number of likely N-dealkylation sites (tertiary alicyclic amines) is 1. The summed E-state index contributed by atoms with van der Waals surface area (Å²) in [6, 6.07) is 6.44. The summed E-state index contributed by atoms with van der Waals surface area (Å²) in [5, 5.41) is 0. The Labute approximate surface area is 143 Å². The zero-order valence-corrected chi connectivity index (χ0v) is 14.6. The van der Waals surface area contributed by atoms with Crippen molar-refractivity contribution in [2.45, 2.75) is 26.4 Å². The standard InChI is InChI=1S/C19H27FN2O2/c1-14-9-15(2)11-22(10-14)19(23)13-21-7-8-24-18(12-21)16-3-5-17(20)6-4-16/h3-6,14-15,18H,7-13H2,1-2H3. The van der Waals surface area contributed by atoms with Crippen LogP contribution in [0, 0.1) is 17.7 Å². The number of carbonyl (C=O) groups is 1. The summed E-state index contributed by atoms with van der Waals surface area (Å²) in [4.78, 5) is 16.8. The van der Waals surface area contributed by atoms with Gasteiger partial charge in [-0.3, -0.25) is 9.69 Å². The van der Waals surface area contributed by atoms with Gasteiger partial charge in [0.2, 0.25) is 5.91 Å². The highest BCUT2D eigenvalue weighted by atomic mass is 19.1. The molecule has 1 amide bonds. The van der Waals surface area contributed by atoms with Gasteiger partial charge in [-0.1, -0.05) is 26.0 Å². The van der Waals surface area contributed by atoms with Crippen LogP contribution in [0.1, 0.15) is 31.9 Å². The third kappa shape index (κ3) is 4.33. The van der Waals surface area contributed by atoms with Crippen LogP contribution in [0.4, 0.5) is 4.39 Å². The van der Waals surface area contributed by atoms with Crippen molar-refractivity contribution in [2.75, 3.05) is 39.3 Å². The van der Waals surface area contributed by atoms with E-state index in [0.29, 0.717) is 31.5 Å². The van der Waals surface area contributed by atoms with Crippen LogP contribution in [0.3, 0.4) is 0 Å². The second-order valence-corrected chi connectivity index (χ2v) is 7.39. The molecule has 24 heavy (non-hydrogen) atoms. The predicted octanol–water partition coefficient (Wildman–Crippen LogP) is 2.70. The molecular formula is C19H27FN2O2. The highest BCUT2D eigenvalue weighted by molar-refractivity contribution is 5.78. The SMILES string of the molecule is CC1CC(C)CN(C(=O)CN2CCOC(c3ccc(F)cc3)C2)C1. The maximum Gasteiger partial charge on any atom is 0.236 e. The smallest absolute Gasteiger partial charge is 0.236 e. The molecule has 2 heterocycles. The number of nitrogens with zero attached hydrogens (tertiary/aromatic N) is 2. The van der Waals surface area contributed by atoms with Gasteiger partial charge in [-0.05, 0) is 36.0 Å². The van der Waals surface area contributed by atoms with Crippen LogP contribution < -0.4 is 0 Å². The van der Waals surface area contributed by atoms with Crippen molar-refractivity contribution in [3.63, 3.8) is 0 Å². The molecule has 4 nitrogen and oxygen atoms in total. The minimum absolute atomic E-state index is 0.0913. The molecule has 2 aliphatic rings. The van der Waals surface area contributed by atoms with Gasteiger partial charge < -0.3 is 9.64 Å². The molecule has 0 radical (unpaired) electrons. The van der Waals surface area contributed by atoms with Crippen LogP contribution in [0.15, 0.2) is 24.3 Å². The first-order valence-electron chi connectivity index (χ1n) is 8.88. The monoisotopic (exact) mass is 334 g/mol. The Morgan fingerprint density at radius 2 is 1.83 bits per heavy atom. The third-order valence-corrected chi connectivity index (χ3v) is 4.97. The second kappa shape index (κ2) is 7.62. The van der Waals surface area contributed by atoms with Crippen molar-refractivity contribution >= 4 is 5.91 Å². The van der Waals surface area contributed by atoms with Gasteiger partial charge in [0, 0.05) is 26.2 Å². The van der Waals surface area contributed by atoms with E-state index in [0.717, 1.165) is 25.2 Å². The molecule has 5 heteroatoms. The zero-order valence-electron chi connectivity index (χ0n) is 14.6. The van der Waals surface area contributed by atoms with Crippen molar-refractivity contribution in [3.8, 4) is 0 Å². The summed E-state index contributed by atoms with van der Waals surface area (Å²) in [5.41, 5.74) is 0.966. The Morgan fingerprint density at radius 3 is 2.50 bits per heavy atom. The van der Waals surface area contributed by atoms with Crippen LogP contribution in [0.2, 0.25) is 0 Å². The van der Waals surface area contributed by atoms with E-state index >= 15 is 0 Å². The van der Waals surface area contributed by atoms with E-state index in [4.69, 9.17) is 4.74 Å². The number of morpholine rings is 1. The molecule has 132 valence electrons. The van der Waals surface area contributed by atoms with Gasteiger partial charge in [0.25, 0.3) is 0 Å². The molecule has 2 aliphatic heterocycles. The van der Waals surface area contributed by atoms with Crippen LogP contribution in [0.5, 0.6) is 0 Å². The first-order chi connectivity index (χ1) is 11.5. The number of benzene rings is 1. The Balaban J connectivity index is 1.57. The van der Waals surface area contributed by atoms with Crippen LogP contribution in [-0.2, 0) is 9.53 Å². The van der Waals surface area contributed by atoms with Crippen molar-refractivity contribution in [3.05, 3.63) is 35.6 Å². The number of hydrogen-bond acceptors (Lipinski definition) is 3. The van der Waals surface area contributed by atoms with E-state index in [1.807, 2.05) is 4.90 Å². The predicted molar refractivity (Wildman–Crippen MR) is 91.1 cm³/mol. The number of carbonyl (C=O) groups excluding carboxylic acids is 1. The largest absolute Gasteiger partial charge is 0.371 e. The van der Waals surface area contributed by atoms with E-state index < -0.39 is 0 Å². The lowest BCUT2D eigenvalue weighted by molar-refractivity contribution is -0.137. The highest BCUT2D eigenvalue weighted by Crippen LogP contribution is 2.24. The first kappa shape index (κ1) is 17.4. The van der Waals surface area contributed by atoms with Gasteiger partial charge in [0.05, 0.1) is 19.3 Å². The topological polar surface area (TPSA) is 32.8 Å². The summed E-state index contributed by atoms with van der Waals surface area (Å²) in [7, 11) is 0. The van der Waals surface area contributed by atoms with Gasteiger partial charge in [0.1, 0.15) is 5.82 Å². The molecule has 2 fully saturated rings. The van der Waals surface area contributed by atoms with E-state index in [9.17, 15) is 9.18 Å². The lowest BCUT2D eigenvalue weighted by Gasteiger charge is -2.38. The summed E-state index contributed by atoms with van der Waals surface area (Å²) in [6.45, 7) is 8.66. The Morgan fingerprint density at radius 1 is 1.17 bits per heavy atom. The molecular weight excluding hydrogens is 307 g/mol. The zero-order chi connectivity index (χ0) is 17.1. The van der Waals surface area contributed by atoms with Crippen LogP contribution in [0.25, 0.3) is 0 Å². The van der Waals surface area contributed by atoms with Gasteiger partial charge in [-0.2, -0.15) is 0 Å². The number of piperidine rings is 1. The summed E-state index contributed by atoms with van der Waals surface area (Å²) < 4.78 is 18.9. The normalized spacial score (nSPS) is 28.8. The Hall–Kier alpha value is -1.46. The van der Waals surface area contributed by atoms with Gasteiger partial charge in [0.15, 0.2) is 0 Å². The second-order valence-electron chi connectivity index (χ2n) is 7.39. The number of rotatable bonds is 3. The van der Waals surface area contributed by atoms with E-state index in [2.05, 4.69) is 18.7 Å². The molecule has 1 aromatic carbocycles. The van der Waals surface area contributed by atoms with E-state index in [1.165, 1.54) is 18.6 Å². The molecule has 3 unspecified atom stereocenters. The molecule has 0 aliphatic carbocycles. The fraction of sp³-hybridized carbons (Fsp3) is 0.632. The lowest BCUT2D eigenvalue weighted by Crippen LogP contribution is -2.49. The molecule has 0 aromatic heterocycles. The lowest BCUT2D eigenvalue weighted by atomic mass is 9.92. The molecule has 3 rings (SSSR count). The minimum atomic E-state index is -0.241. The van der Waals surface area contributed by atoms with Crippen molar-refractivity contribution in [1.29, 1.82) is 0 Å². The summed E-state index contributed by atoms with van der Waals surface area (Å²) in [6.07, 6.45) is 1.11. The average molecular weight is 334 g/mol. The summed E-state index contributed by atoms with van der Waals surface area (Å²) >= 11 is 0. The maximum atomic E-state index is 13.1. The van der Waals surface area contributed by atoms with Crippen LogP contribution >= 0.6 is 0 Å². The molecule has 0 bridgehead atoms. The van der Waals surface area contributed by atoms with Gasteiger partial charge in [-0.15, -0.1) is 0 Å². The first-order valence-corrected chi connectivity index (χ1v) is 8.88. The fourth-order valence-electron chi connectivity index (χ4n) is 3.88. The van der Waals surface area contributed by atoms with Crippen molar-refractivity contribution < 1.29 is 13.9 Å². The molecule has 0 N–H and O–H groups in total. The quantitative estimate of drug-likeness (QED) is 0.852. The molecule has 2 saturated heterocycles. The maximum absolute atomic E-state index is 13.1. The van der Waals surface area contributed by atoms with Gasteiger partial charge in [-0.25, -0.2) is 4.39 Å². The van der Waals surface area contributed by atoms with E-state index in [1.54, 1.807) is 12.1 Å². The van der Waals surface area contributed by atoms with E-state index in [-0.39, 0.29) is 17.8 Å². The van der Waals surface area contributed by atoms with Crippen LogP contribution in [-0.4, -0.2) is 55.0 Å². The third-order valence-electron chi connectivity index (χ3n) is 4.97. The Bertz CT molecular complexity index is 553. The fourth-order valence-corrected chi connectivity index (χ4v) is 3.88. The molecule has 3 atom stereocenters. The number of ether oxygens (including phenoxy) is 1. The number of halogens is 1. The molecule has 0 saturated carbocycles. The average Bonchev–Trinajstić information content (AvgIpc) is 2.55. The number of amides is 1.